The van der Waals surface area contributed by atoms with Crippen LogP contribution in [0.4, 0.5) is 5.69 Å². The van der Waals surface area contributed by atoms with Crippen molar-refractivity contribution >= 4 is 27.3 Å². The zero-order valence-electron chi connectivity index (χ0n) is 15.0. The minimum Gasteiger partial charge on any atom is -0.495 e. The van der Waals surface area contributed by atoms with Crippen LogP contribution >= 0.6 is 11.6 Å². The Morgan fingerprint density at radius 2 is 1.69 bits per heavy atom. The van der Waals surface area contributed by atoms with E-state index in [0.717, 1.165) is 12.1 Å². The van der Waals surface area contributed by atoms with Crippen molar-refractivity contribution in [3.05, 3.63) is 53.1 Å². The van der Waals surface area contributed by atoms with Crippen LogP contribution in [0.2, 0.25) is 5.02 Å². The van der Waals surface area contributed by atoms with E-state index in [1.807, 2.05) is 0 Å². The molecule has 0 bridgehead atoms. The summed E-state index contributed by atoms with van der Waals surface area (Å²) in [5.41, 5.74) is 2.42. The molecule has 0 aliphatic carbocycles. The van der Waals surface area contributed by atoms with Crippen molar-refractivity contribution in [1.29, 1.82) is 0 Å². The van der Waals surface area contributed by atoms with Crippen molar-refractivity contribution in [2.45, 2.75) is 18.2 Å². The fourth-order valence-corrected chi connectivity index (χ4v) is 4.96. The van der Waals surface area contributed by atoms with Gasteiger partial charge in [0.15, 0.2) is 0 Å². The third-order valence-corrected chi connectivity index (χ3v) is 6.85. The molecule has 2 aromatic rings. The molecule has 1 heterocycles. The average Bonchev–Trinajstić information content (AvgIpc) is 2.68. The summed E-state index contributed by atoms with van der Waals surface area (Å²) in [6.45, 7) is 4.27. The minimum absolute atomic E-state index is 0.119. The quantitative estimate of drug-likeness (QED) is 0.779. The molecule has 0 saturated carbocycles. The van der Waals surface area contributed by atoms with Crippen LogP contribution in [-0.2, 0) is 16.4 Å². The molecule has 0 N–H and O–H groups in total. The number of benzene rings is 2. The van der Waals surface area contributed by atoms with E-state index in [2.05, 4.69) is 36.1 Å². The van der Waals surface area contributed by atoms with Crippen molar-refractivity contribution in [2.24, 2.45) is 0 Å². The van der Waals surface area contributed by atoms with E-state index < -0.39 is 10.0 Å². The monoisotopic (exact) mass is 394 g/mol. The van der Waals surface area contributed by atoms with Gasteiger partial charge >= 0.3 is 0 Å². The molecule has 1 aliphatic heterocycles. The summed E-state index contributed by atoms with van der Waals surface area (Å²) < 4.78 is 32.7. The number of ether oxygens (including phenoxy) is 1. The first-order valence-corrected chi connectivity index (χ1v) is 10.4. The first-order valence-electron chi connectivity index (χ1n) is 8.63. The zero-order chi connectivity index (χ0) is 18.7. The largest absolute Gasteiger partial charge is 0.495 e. The predicted octanol–water partition coefficient (Wildman–Crippen LogP) is 3.42. The van der Waals surface area contributed by atoms with Crippen molar-refractivity contribution < 1.29 is 13.2 Å². The van der Waals surface area contributed by atoms with Gasteiger partial charge in [-0.2, -0.15) is 4.31 Å². The first-order chi connectivity index (χ1) is 12.5. The highest BCUT2D eigenvalue weighted by Crippen LogP contribution is 2.30. The van der Waals surface area contributed by atoms with Crippen molar-refractivity contribution in [2.75, 3.05) is 38.2 Å². The smallest absolute Gasteiger partial charge is 0.246 e. The Kier molecular flexibility index (Phi) is 5.75. The van der Waals surface area contributed by atoms with Crippen molar-refractivity contribution in [3.8, 4) is 5.75 Å². The van der Waals surface area contributed by atoms with E-state index in [1.165, 1.54) is 23.0 Å². The minimum atomic E-state index is -3.65. The number of piperazine rings is 1. The predicted molar refractivity (Wildman–Crippen MR) is 105 cm³/mol. The number of anilines is 1. The molecule has 0 spiro atoms. The molecule has 26 heavy (non-hydrogen) atoms. The third kappa shape index (κ3) is 3.82. The highest BCUT2D eigenvalue weighted by Gasteiger charge is 2.31. The molecule has 7 heteroatoms. The number of aryl methyl sites for hydroxylation is 1. The van der Waals surface area contributed by atoms with Gasteiger partial charge in [0.25, 0.3) is 0 Å². The van der Waals surface area contributed by atoms with Gasteiger partial charge in [-0.3, -0.25) is 0 Å². The molecule has 140 valence electrons. The Hall–Kier alpha value is -1.76. The average molecular weight is 395 g/mol. The van der Waals surface area contributed by atoms with Gasteiger partial charge in [0.05, 0.1) is 7.11 Å². The Morgan fingerprint density at radius 3 is 2.27 bits per heavy atom. The van der Waals surface area contributed by atoms with Gasteiger partial charge < -0.3 is 9.64 Å². The van der Waals surface area contributed by atoms with Crippen LogP contribution in [0.3, 0.4) is 0 Å². The number of rotatable bonds is 5. The molecule has 0 amide bonds. The molecular formula is C19H23ClN2O3S. The standard InChI is InChI=1S/C19H23ClN2O3S/c1-3-15-4-7-17(8-5-15)21-10-12-22(13-11-21)26(23,24)19-14-16(20)6-9-18(19)25-2/h4-9,14H,3,10-13H2,1-2H3. The van der Waals surface area contributed by atoms with Gasteiger partial charge in [0.1, 0.15) is 10.6 Å². The van der Waals surface area contributed by atoms with Crippen LogP contribution in [0.15, 0.2) is 47.4 Å². The van der Waals surface area contributed by atoms with E-state index in [0.29, 0.717) is 37.0 Å². The van der Waals surface area contributed by atoms with Crippen LogP contribution in [-0.4, -0.2) is 46.0 Å². The second kappa shape index (κ2) is 7.86. The van der Waals surface area contributed by atoms with E-state index in [4.69, 9.17) is 16.3 Å². The van der Waals surface area contributed by atoms with Crippen molar-refractivity contribution in [3.63, 3.8) is 0 Å². The van der Waals surface area contributed by atoms with Crippen LogP contribution in [0.25, 0.3) is 0 Å². The molecule has 1 aliphatic rings. The number of hydrogen-bond acceptors (Lipinski definition) is 4. The van der Waals surface area contributed by atoms with Gasteiger partial charge in [-0.1, -0.05) is 30.7 Å². The number of halogens is 1. The molecule has 1 fully saturated rings. The van der Waals surface area contributed by atoms with Gasteiger partial charge in [0.2, 0.25) is 10.0 Å². The van der Waals surface area contributed by atoms with E-state index in [9.17, 15) is 8.42 Å². The lowest BCUT2D eigenvalue weighted by Crippen LogP contribution is -2.48. The number of sulfonamides is 1. The Morgan fingerprint density at radius 1 is 1.04 bits per heavy atom. The molecule has 0 aromatic heterocycles. The van der Waals surface area contributed by atoms with Crippen LogP contribution in [0.5, 0.6) is 5.75 Å². The van der Waals surface area contributed by atoms with Crippen LogP contribution in [0.1, 0.15) is 12.5 Å². The lowest BCUT2D eigenvalue weighted by Gasteiger charge is -2.35. The molecule has 1 saturated heterocycles. The molecule has 3 rings (SSSR count). The maximum absolute atomic E-state index is 13.0. The summed E-state index contributed by atoms with van der Waals surface area (Å²) in [7, 11) is -2.19. The number of hydrogen-bond donors (Lipinski definition) is 0. The van der Waals surface area contributed by atoms with Gasteiger partial charge in [0, 0.05) is 36.9 Å². The maximum atomic E-state index is 13.0. The molecule has 0 radical (unpaired) electrons. The van der Waals surface area contributed by atoms with E-state index in [-0.39, 0.29) is 4.90 Å². The number of nitrogens with zero attached hydrogens (tertiary/aromatic N) is 2. The summed E-state index contributed by atoms with van der Waals surface area (Å²) in [6.07, 6.45) is 1.01. The Bertz CT molecular complexity index is 861. The molecule has 0 atom stereocenters. The van der Waals surface area contributed by atoms with Crippen LogP contribution in [0, 0.1) is 0 Å². The summed E-state index contributed by atoms with van der Waals surface area (Å²) in [5, 5.41) is 0.374. The van der Waals surface area contributed by atoms with Crippen molar-refractivity contribution in [1.82, 2.24) is 4.31 Å². The molecule has 2 aromatic carbocycles. The molecular weight excluding hydrogens is 372 g/mol. The van der Waals surface area contributed by atoms with E-state index >= 15 is 0 Å². The normalized spacial score (nSPS) is 15.9. The molecule has 5 nitrogen and oxygen atoms in total. The molecule has 0 unspecified atom stereocenters. The SMILES string of the molecule is CCc1ccc(N2CCN(S(=O)(=O)c3cc(Cl)ccc3OC)CC2)cc1. The Balaban J connectivity index is 1.75. The van der Waals surface area contributed by atoms with E-state index in [1.54, 1.807) is 12.1 Å². The summed E-state index contributed by atoms with van der Waals surface area (Å²) in [4.78, 5) is 2.33. The van der Waals surface area contributed by atoms with Gasteiger partial charge in [-0.25, -0.2) is 8.42 Å². The highest BCUT2D eigenvalue weighted by molar-refractivity contribution is 7.89. The van der Waals surface area contributed by atoms with Crippen LogP contribution < -0.4 is 9.64 Å². The summed E-state index contributed by atoms with van der Waals surface area (Å²) in [5.74, 6) is 0.312. The summed E-state index contributed by atoms with van der Waals surface area (Å²) >= 11 is 6.00. The van der Waals surface area contributed by atoms with Gasteiger partial charge in [-0.15, -0.1) is 0 Å². The second-order valence-electron chi connectivity index (χ2n) is 6.21. The topological polar surface area (TPSA) is 49.9 Å². The van der Waals surface area contributed by atoms with Gasteiger partial charge in [-0.05, 0) is 42.3 Å². The fourth-order valence-electron chi connectivity index (χ4n) is 3.12. The first kappa shape index (κ1) is 19.0. The fraction of sp³-hybridized carbons (Fsp3) is 0.368. The zero-order valence-corrected chi connectivity index (χ0v) is 16.6. The summed E-state index contributed by atoms with van der Waals surface area (Å²) in [6, 6.07) is 13.1. The Labute approximate surface area is 160 Å². The lowest BCUT2D eigenvalue weighted by atomic mass is 10.1. The number of methoxy groups -OCH3 is 1. The third-order valence-electron chi connectivity index (χ3n) is 4.69. The maximum Gasteiger partial charge on any atom is 0.246 e. The lowest BCUT2D eigenvalue weighted by molar-refractivity contribution is 0.374. The highest BCUT2D eigenvalue weighted by atomic mass is 35.5. The second-order valence-corrected chi connectivity index (χ2v) is 8.55.